The summed E-state index contributed by atoms with van der Waals surface area (Å²) in [6.07, 6.45) is 7.31. The second kappa shape index (κ2) is 9.03. The number of amides is 1. The van der Waals surface area contributed by atoms with Crippen molar-refractivity contribution in [1.29, 1.82) is 0 Å². The number of hydrogen-bond acceptors (Lipinski definition) is 4. The minimum absolute atomic E-state index is 0.00313. The topological polar surface area (TPSA) is 75.2 Å². The highest BCUT2D eigenvalue weighted by atomic mass is 16.7. The zero-order valence-corrected chi connectivity index (χ0v) is 14.8. The lowest BCUT2D eigenvalue weighted by atomic mass is 9.94. The minimum atomic E-state index is -0.364. The maximum absolute atomic E-state index is 11.7. The number of likely N-dealkylation sites (N-methyl/N-ethyl adjacent to an activating group) is 1. The van der Waals surface area contributed by atoms with Crippen LogP contribution in [0.1, 0.15) is 32.1 Å². The van der Waals surface area contributed by atoms with E-state index in [4.69, 9.17) is 9.47 Å². The first-order valence-corrected chi connectivity index (χ1v) is 8.70. The number of carbonyl (C=O) groups excluding carboxylic acids is 1. The molecule has 1 saturated carbocycles. The summed E-state index contributed by atoms with van der Waals surface area (Å²) in [5, 5.41) is 6.34. The first-order chi connectivity index (χ1) is 11.5. The summed E-state index contributed by atoms with van der Waals surface area (Å²) in [5.41, 5.74) is 0. The highest BCUT2D eigenvalue weighted by molar-refractivity contribution is 5.84. The van der Waals surface area contributed by atoms with Crippen LogP contribution in [0, 0.1) is 0 Å². The SMILES string of the molecule is C=CCNC(=NCC(=O)N(C)C)NCC1COC2(CCCCC2)O1. The Morgan fingerprint density at radius 3 is 2.75 bits per heavy atom. The van der Waals surface area contributed by atoms with Gasteiger partial charge in [-0.1, -0.05) is 12.5 Å². The number of hydrogen-bond donors (Lipinski definition) is 2. The van der Waals surface area contributed by atoms with Gasteiger partial charge in [0.25, 0.3) is 0 Å². The lowest BCUT2D eigenvalue weighted by molar-refractivity contribution is -0.186. The molecule has 136 valence electrons. The quantitative estimate of drug-likeness (QED) is 0.427. The van der Waals surface area contributed by atoms with E-state index >= 15 is 0 Å². The maximum atomic E-state index is 11.7. The number of nitrogens with zero attached hydrogens (tertiary/aromatic N) is 2. The van der Waals surface area contributed by atoms with Gasteiger partial charge in [0, 0.05) is 40.0 Å². The molecule has 7 nitrogen and oxygen atoms in total. The molecule has 2 fully saturated rings. The van der Waals surface area contributed by atoms with Crippen LogP contribution in [0.4, 0.5) is 0 Å². The van der Waals surface area contributed by atoms with Gasteiger partial charge in [-0.3, -0.25) is 4.79 Å². The molecule has 0 radical (unpaired) electrons. The number of rotatable bonds is 6. The molecule has 1 atom stereocenters. The zero-order valence-electron chi connectivity index (χ0n) is 14.8. The normalized spacial score (nSPS) is 23.1. The number of guanidine groups is 1. The Morgan fingerprint density at radius 1 is 1.33 bits per heavy atom. The van der Waals surface area contributed by atoms with Crippen LogP contribution in [0.5, 0.6) is 0 Å². The van der Waals surface area contributed by atoms with E-state index in [1.807, 2.05) is 0 Å². The number of carbonyl (C=O) groups is 1. The van der Waals surface area contributed by atoms with Gasteiger partial charge < -0.3 is 25.0 Å². The summed E-state index contributed by atoms with van der Waals surface area (Å²) in [6, 6.07) is 0. The van der Waals surface area contributed by atoms with Crippen molar-refractivity contribution in [3.8, 4) is 0 Å². The molecule has 1 amide bonds. The number of nitrogens with one attached hydrogen (secondary N) is 2. The van der Waals surface area contributed by atoms with E-state index in [1.165, 1.54) is 24.2 Å². The molecule has 0 aromatic carbocycles. The Labute approximate surface area is 144 Å². The monoisotopic (exact) mass is 338 g/mol. The van der Waals surface area contributed by atoms with Gasteiger partial charge in [0.05, 0.1) is 6.61 Å². The van der Waals surface area contributed by atoms with Gasteiger partial charge in [0.1, 0.15) is 12.6 Å². The highest BCUT2D eigenvalue weighted by Crippen LogP contribution is 2.37. The van der Waals surface area contributed by atoms with Gasteiger partial charge in [0.15, 0.2) is 11.7 Å². The van der Waals surface area contributed by atoms with E-state index in [2.05, 4.69) is 22.2 Å². The average molecular weight is 338 g/mol. The van der Waals surface area contributed by atoms with E-state index in [0.29, 0.717) is 25.7 Å². The Kier molecular flexibility index (Phi) is 7.05. The first-order valence-electron chi connectivity index (χ1n) is 8.70. The fraction of sp³-hybridized carbons (Fsp3) is 0.765. The average Bonchev–Trinajstić information content (AvgIpc) is 2.96. The molecule has 7 heteroatoms. The zero-order chi connectivity index (χ0) is 17.4. The summed E-state index contributed by atoms with van der Waals surface area (Å²) in [4.78, 5) is 17.5. The summed E-state index contributed by atoms with van der Waals surface area (Å²) < 4.78 is 12.1. The van der Waals surface area contributed by atoms with Crippen LogP contribution in [0.25, 0.3) is 0 Å². The van der Waals surface area contributed by atoms with Crippen molar-refractivity contribution in [2.24, 2.45) is 4.99 Å². The summed E-state index contributed by atoms with van der Waals surface area (Å²) >= 11 is 0. The summed E-state index contributed by atoms with van der Waals surface area (Å²) in [5.74, 6) is 0.173. The maximum Gasteiger partial charge on any atom is 0.243 e. The highest BCUT2D eigenvalue weighted by Gasteiger charge is 2.42. The van der Waals surface area contributed by atoms with Gasteiger partial charge >= 0.3 is 0 Å². The fourth-order valence-electron chi connectivity index (χ4n) is 2.91. The van der Waals surface area contributed by atoms with Crippen LogP contribution in [-0.2, 0) is 14.3 Å². The standard InChI is InChI=1S/C17H30N4O3/c1-4-10-18-16(20-12-15(22)21(2)3)19-11-14-13-23-17(24-14)8-6-5-7-9-17/h4,14H,1,5-13H2,2-3H3,(H2,18,19,20). The molecule has 1 aliphatic heterocycles. The predicted octanol–water partition coefficient (Wildman–Crippen LogP) is 0.872. The number of aliphatic imine (C=N–C) groups is 1. The first kappa shape index (κ1) is 18.7. The van der Waals surface area contributed by atoms with Crippen molar-refractivity contribution in [3.63, 3.8) is 0 Å². The largest absolute Gasteiger partial charge is 0.354 e. The van der Waals surface area contributed by atoms with E-state index < -0.39 is 0 Å². The molecule has 1 aliphatic carbocycles. The van der Waals surface area contributed by atoms with Crippen LogP contribution in [0.2, 0.25) is 0 Å². The lowest BCUT2D eigenvalue weighted by Gasteiger charge is -2.31. The lowest BCUT2D eigenvalue weighted by Crippen LogP contribution is -2.43. The molecule has 0 aromatic rings. The van der Waals surface area contributed by atoms with Crippen LogP contribution in [0.3, 0.4) is 0 Å². The van der Waals surface area contributed by atoms with Gasteiger partial charge in [0.2, 0.25) is 5.91 Å². The predicted molar refractivity (Wildman–Crippen MR) is 93.8 cm³/mol. The molecular weight excluding hydrogens is 308 g/mol. The van der Waals surface area contributed by atoms with Crippen LogP contribution in [-0.4, -0.2) is 69.0 Å². The van der Waals surface area contributed by atoms with Gasteiger partial charge in [-0.15, -0.1) is 6.58 Å². The second-order valence-electron chi connectivity index (χ2n) is 6.53. The van der Waals surface area contributed by atoms with Gasteiger partial charge in [-0.25, -0.2) is 4.99 Å². The molecule has 2 aliphatic rings. The number of ether oxygens (including phenoxy) is 2. The Hall–Kier alpha value is -1.60. The third-order valence-electron chi connectivity index (χ3n) is 4.31. The smallest absolute Gasteiger partial charge is 0.243 e. The molecule has 24 heavy (non-hydrogen) atoms. The van der Waals surface area contributed by atoms with Gasteiger partial charge in [-0.2, -0.15) is 0 Å². The summed E-state index contributed by atoms with van der Waals surface area (Å²) in [7, 11) is 3.44. The van der Waals surface area contributed by atoms with Crippen molar-refractivity contribution >= 4 is 11.9 Å². The van der Waals surface area contributed by atoms with Crippen LogP contribution < -0.4 is 10.6 Å². The molecule has 1 heterocycles. The summed E-state index contributed by atoms with van der Waals surface area (Å²) in [6.45, 7) is 5.56. The van der Waals surface area contributed by atoms with Crippen molar-refractivity contribution < 1.29 is 14.3 Å². The van der Waals surface area contributed by atoms with Crippen molar-refractivity contribution in [2.45, 2.75) is 44.0 Å². The van der Waals surface area contributed by atoms with Crippen molar-refractivity contribution in [2.75, 3.05) is 40.3 Å². The molecule has 1 saturated heterocycles. The Balaban J connectivity index is 1.82. The fourth-order valence-corrected chi connectivity index (χ4v) is 2.91. The van der Waals surface area contributed by atoms with Gasteiger partial charge in [-0.05, 0) is 12.8 Å². The molecule has 1 spiro atoms. The van der Waals surface area contributed by atoms with Crippen molar-refractivity contribution in [3.05, 3.63) is 12.7 Å². The van der Waals surface area contributed by atoms with E-state index in [1.54, 1.807) is 20.2 Å². The Morgan fingerprint density at radius 2 is 2.08 bits per heavy atom. The molecule has 2 rings (SSSR count). The molecular formula is C17H30N4O3. The second-order valence-corrected chi connectivity index (χ2v) is 6.53. The van der Waals surface area contributed by atoms with E-state index in [-0.39, 0.29) is 24.3 Å². The molecule has 1 unspecified atom stereocenters. The van der Waals surface area contributed by atoms with E-state index in [9.17, 15) is 4.79 Å². The van der Waals surface area contributed by atoms with Crippen molar-refractivity contribution in [1.82, 2.24) is 15.5 Å². The molecule has 2 N–H and O–H groups in total. The third-order valence-corrected chi connectivity index (χ3v) is 4.31. The third kappa shape index (κ3) is 5.49. The minimum Gasteiger partial charge on any atom is -0.354 e. The van der Waals surface area contributed by atoms with Crippen LogP contribution in [0.15, 0.2) is 17.6 Å². The molecule has 0 aromatic heterocycles. The van der Waals surface area contributed by atoms with Crippen LogP contribution >= 0.6 is 0 Å². The molecule has 0 bridgehead atoms. The van der Waals surface area contributed by atoms with E-state index in [0.717, 1.165) is 12.8 Å². The Bertz CT molecular complexity index is 459.